The molecule has 1 unspecified atom stereocenters. The Hall–Kier alpha value is -1.78. The number of nitrogens with zero attached hydrogens (tertiary/aromatic N) is 1. The van der Waals surface area contributed by atoms with E-state index < -0.39 is 0 Å². The molecule has 3 rings (SSSR count). The summed E-state index contributed by atoms with van der Waals surface area (Å²) in [5.74, 6) is 0.0455. The summed E-state index contributed by atoms with van der Waals surface area (Å²) in [6, 6.07) is 14.5. The monoisotopic (exact) mass is 312 g/mol. The van der Waals surface area contributed by atoms with Crippen molar-refractivity contribution < 1.29 is 4.79 Å². The highest BCUT2D eigenvalue weighted by molar-refractivity contribution is 7.99. The molecule has 2 aromatic rings. The van der Waals surface area contributed by atoms with E-state index >= 15 is 0 Å². The molecule has 0 aromatic heterocycles. The van der Waals surface area contributed by atoms with Crippen LogP contribution in [0, 0.1) is 6.92 Å². The van der Waals surface area contributed by atoms with E-state index in [1.165, 1.54) is 26.5 Å². The lowest BCUT2D eigenvalue weighted by Crippen LogP contribution is -2.37. The van der Waals surface area contributed by atoms with Gasteiger partial charge in [-0.3, -0.25) is 4.79 Å². The molecule has 0 radical (unpaired) electrons. The number of hydrogen-bond donors (Lipinski definition) is 1. The lowest BCUT2D eigenvalue weighted by molar-refractivity contribution is -0.122. The zero-order valence-corrected chi connectivity index (χ0v) is 13.9. The zero-order valence-electron chi connectivity index (χ0n) is 13.1. The van der Waals surface area contributed by atoms with Gasteiger partial charge < -0.3 is 10.2 Å². The summed E-state index contributed by atoms with van der Waals surface area (Å²) in [5, 5.41) is 3.20. The van der Waals surface area contributed by atoms with E-state index in [4.69, 9.17) is 0 Å². The van der Waals surface area contributed by atoms with Crippen molar-refractivity contribution in [3.05, 3.63) is 59.2 Å². The maximum absolute atomic E-state index is 12.3. The Morgan fingerprint density at radius 1 is 1.14 bits per heavy atom. The average molecular weight is 312 g/mol. The van der Waals surface area contributed by atoms with Crippen LogP contribution in [-0.4, -0.2) is 31.4 Å². The van der Waals surface area contributed by atoms with Crippen molar-refractivity contribution in [2.24, 2.45) is 0 Å². The van der Waals surface area contributed by atoms with E-state index in [2.05, 4.69) is 42.6 Å². The van der Waals surface area contributed by atoms with E-state index in [0.717, 1.165) is 0 Å². The quantitative estimate of drug-likeness (QED) is 0.944. The van der Waals surface area contributed by atoms with Crippen molar-refractivity contribution in [2.45, 2.75) is 22.8 Å². The Kier molecular flexibility index (Phi) is 4.23. The second-order valence-electron chi connectivity index (χ2n) is 5.87. The molecule has 114 valence electrons. The number of rotatable bonds is 3. The average Bonchev–Trinajstić information content (AvgIpc) is 2.47. The van der Waals surface area contributed by atoms with Gasteiger partial charge in [-0.2, -0.15) is 0 Å². The van der Waals surface area contributed by atoms with Gasteiger partial charge in [0.15, 0.2) is 0 Å². The minimum atomic E-state index is -0.0696. The van der Waals surface area contributed by atoms with Gasteiger partial charge in [0, 0.05) is 9.79 Å². The van der Waals surface area contributed by atoms with E-state index in [1.807, 2.05) is 31.1 Å². The van der Waals surface area contributed by atoms with E-state index in [0.29, 0.717) is 6.54 Å². The van der Waals surface area contributed by atoms with Gasteiger partial charge in [-0.15, -0.1) is 0 Å². The molecular formula is C18H20N2OS. The van der Waals surface area contributed by atoms with Gasteiger partial charge in [0.25, 0.3) is 0 Å². The fourth-order valence-electron chi connectivity index (χ4n) is 2.78. The third-order valence-electron chi connectivity index (χ3n) is 3.76. The Morgan fingerprint density at radius 2 is 1.86 bits per heavy atom. The number of aryl methyl sites for hydroxylation is 1. The van der Waals surface area contributed by atoms with Crippen LogP contribution in [0.1, 0.15) is 22.7 Å². The van der Waals surface area contributed by atoms with Crippen LogP contribution < -0.4 is 5.32 Å². The Bertz CT molecular complexity index is 712. The summed E-state index contributed by atoms with van der Waals surface area (Å²) >= 11 is 1.79. The van der Waals surface area contributed by atoms with Crippen molar-refractivity contribution in [1.82, 2.24) is 10.2 Å². The standard InChI is InChI=1S/C18H20N2OS/c1-12-7-6-9-14-17(19-16(21)11-20(2)3)13-8-4-5-10-15(13)22-18(12)14/h4-10,17H,11H2,1-3H3,(H,19,21). The molecule has 0 saturated carbocycles. The second kappa shape index (κ2) is 6.15. The topological polar surface area (TPSA) is 32.3 Å². The highest BCUT2D eigenvalue weighted by Crippen LogP contribution is 2.45. The summed E-state index contributed by atoms with van der Waals surface area (Å²) in [7, 11) is 3.81. The molecule has 1 atom stereocenters. The van der Waals surface area contributed by atoms with Crippen LogP contribution >= 0.6 is 11.8 Å². The number of nitrogens with one attached hydrogen (secondary N) is 1. The molecule has 0 saturated heterocycles. The molecule has 0 fully saturated rings. The summed E-state index contributed by atoms with van der Waals surface area (Å²) in [6.07, 6.45) is 0. The lowest BCUT2D eigenvalue weighted by atomic mass is 9.96. The smallest absolute Gasteiger partial charge is 0.234 e. The first-order valence-corrected chi connectivity index (χ1v) is 8.18. The van der Waals surface area contributed by atoms with Crippen LogP contribution in [0.4, 0.5) is 0 Å². The van der Waals surface area contributed by atoms with Crippen LogP contribution in [0.3, 0.4) is 0 Å². The van der Waals surface area contributed by atoms with Crippen molar-refractivity contribution >= 4 is 17.7 Å². The fraction of sp³-hybridized carbons (Fsp3) is 0.278. The van der Waals surface area contributed by atoms with Gasteiger partial charge in [0.1, 0.15) is 0 Å². The largest absolute Gasteiger partial charge is 0.344 e. The zero-order chi connectivity index (χ0) is 15.7. The summed E-state index contributed by atoms with van der Waals surface area (Å²) in [4.78, 5) is 16.6. The molecule has 0 bridgehead atoms. The van der Waals surface area contributed by atoms with Crippen molar-refractivity contribution in [2.75, 3.05) is 20.6 Å². The van der Waals surface area contributed by atoms with Gasteiger partial charge in [0.2, 0.25) is 5.91 Å². The molecule has 0 spiro atoms. The van der Waals surface area contributed by atoms with Gasteiger partial charge >= 0.3 is 0 Å². The van der Waals surface area contributed by atoms with Crippen LogP contribution in [0.25, 0.3) is 0 Å². The minimum absolute atomic E-state index is 0.0455. The molecule has 1 aliphatic rings. The molecule has 0 aliphatic carbocycles. The number of hydrogen-bond acceptors (Lipinski definition) is 3. The van der Waals surface area contributed by atoms with E-state index in [9.17, 15) is 4.79 Å². The summed E-state index contributed by atoms with van der Waals surface area (Å²) in [5.41, 5.74) is 3.62. The maximum atomic E-state index is 12.3. The first-order valence-electron chi connectivity index (χ1n) is 7.36. The predicted octanol–water partition coefficient (Wildman–Crippen LogP) is 3.23. The number of fused-ring (bicyclic) bond motifs is 2. The lowest BCUT2D eigenvalue weighted by Gasteiger charge is -2.30. The molecule has 1 heterocycles. The molecule has 1 amide bonds. The number of carbonyl (C=O) groups excluding carboxylic acids is 1. The van der Waals surface area contributed by atoms with Gasteiger partial charge in [0.05, 0.1) is 12.6 Å². The maximum Gasteiger partial charge on any atom is 0.234 e. The van der Waals surface area contributed by atoms with Crippen molar-refractivity contribution in [1.29, 1.82) is 0 Å². The minimum Gasteiger partial charge on any atom is -0.344 e. The number of likely N-dealkylation sites (N-methyl/N-ethyl adjacent to an activating group) is 1. The summed E-state index contributed by atoms with van der Waals surface area (Å²) in [6.45, 7) is 2.52. The summed E-state index contributed by atoms with van der Waals surface area (Å²) < 4.78 is 0. The predicted molar refractivity (Wildman–Crippen MR) is 90.3 cm³/mol. The molecule has 3 nitrogen and oxygen atoms in total. The van der Waals surface area contributed by atoms with Crippen LogP contribution in [0.5, 0.6) is 0 Å². The second-order valence-corrected chi connectivity index (χ2v) is 6.92. The van der Waals surface area contributed by atoms with Crippen LogP contribution in [0.15, 0.2) is 52.3 Å². The Balaban J connectivity index is 2.01. The SMILES string of the molecule is Cc1cccc2c1Sc1ccccc1C2NC(=O)CN(C)C. The van der Waals surface area contributed by atoms with Gasteiger partial charge in [-0.1, -0.05) is 48.2 Å². The highest BCUT2D eigenvalue weighted by Gasteiger charge is 2.28. The number of carbonyl (C=O) groups is 1. The molecule has 4 heteroatoms. The molecule has 1 aliphatic heterocycles. The normalized spacial score (nSPS) is 16.1. The van der Waals surface area contributed by atoms with Crippen molar-refractivity contribution in [3.63, 3.8) is 0 Å². The van der Waals surface area contributed by atoms with Gasteiger partial charge in [-0.25, -0.2) is 0 Å². The molecule has 22 heavy (non-hydrogen) atoms. The number of benzene rings is 2. The molecule has 2 aromatic carbocycles. The van der Waals surface area contributed by atoms with E-state index in [1.54, 1.807) is 11.8 Å². The third-order valence-corrected chi connectivity index (χ3v) is 5.11. The van der Waals surface area contributed by atoms with Crippen LogP contribution in [0.2, 0.25) is 0 Å². The molecular weight excluding hydrogens is 292 g/mol. The third kappa shape index (κ3) is 2.89. The Morgan fingerprint density at radius 3 is 2.64 bits per heavy atom. The molecule has 1 N–H and O–H groups in total. The van der Waals surface area contributed by atoms with Crippen molar-refractivity contribution in [3.8, 4) is 0 Å². The van der Waals surface area contributed by atoms with E-state index in [-0.39, 0.29) is 11.9 Å². The fourth-order valence-corrected chi connectivity index (χ4v) is 3.98. The number of amides is 1. The first-order chi connectivity index (χ1) is 10.6. The first kappa shape index (κ1) is 15.1. The van der Waals surface area contributed by atoms with Crippen LogP contribution in [-0.2, 0) is 4.79 Å². The Labute approximate surface area is 135 Å². The van der Waals surface area contributed by atoms with Gasteiger partial charge in [-0.05, 0) is 43.8 Å². The highest BCUT2D eigenvalue weighted by atomic mass is 32.2.